The summed E-state index contributed by atoms with van der Waals surface area (Å²) in [7, 11) is -2.31. The van der Waals surface area contributed by atoms with Crippen LogP contribution in [0.25, 0.3) is 0 Å². The number of benzene rings is 1. The number of likely N-dealkylation sites (N-methyl/N-ethyl adjacent to an activating group) is 1. The van der Waals surface area contributed by atoms with Gasteiger partial charge in [-0.2, -0.15) is 9.41 Å². The molecule has 1 amide bonds. The number of rotatable bonds is 7. The molecule has 0 spiro atoms. The van der Waals surface area contributed by atoms with Crippen LogP contribution in [0.5, 0.6) is 0 Å². The second kappa shape index (κ2) is 8.21. The summed E-state index contributed by atoms with van der Waals surface area (Å²) in [5.74, 6) is -0.232. The maximum atomic E-state index is 12.4. The van der Waals surface area contributed by atoms with Gasteiger partial charge in [0.15, 0.2) is 0 Å². The van der Waals surface area contributed by atoms with Crippen LogP contribution in [0, 0.1) is 12.8 Å². The molecule has 0 saturated heterocycles. The van der Waals surface area contributed by atoms with Crippen LogP contribution in [0.3, 0.4) is 0 Å². The first-order valence-corrected chi connectivity index (χ1v) is 9.00. The van der Waals surface area contributed by atoms with Gasteiger partial charge < -0.3 is 0 Å². The van der Waals surface area contributed by atoms with Gasteiger partial charge in [0.05, 0.1) is 11.4 Å². The van der Waals surface area contributed by atoms with Crippen LogP contribution in [0.4, 0.5) is 0 Å². The molecule has 0 unspecified atom stereocenters. The average molecular weight is 339 g/mol. The number of nitrogens with zero attached hydrogens (tertiary/aromatic N) is 2. The summed E-state index contributed by atoms with van der Waals surface area (Å²) in [5, 5.41) is 4.06. The number of hydrogen-bond donors (Lipinski definition) is 1. The molecule has 0 heterocycles. The Balaban J connectivity index is 2.76. The molecule has 1 aromatic rings. The lowest BCUT2D eigenvalue weighted by Gasteiger charge is -2.16. The summed E-state index contributed by atoms with van der Waals surface area (Å²) in [5.41, 5.74) is 4.26. The molecule has 0 radical (unpaired) electrons. The highest BCUT2D eigenvalue weighted by atomic mass is 32.2. The SMILES string of the molecule is CC/C(=N/NC(=O)CN(C)S(=O)(=O)c1ccc(C)cc1)C(C)C. The Labute approximate surface area is 138 Å². The fourth-order valence-corrected chi connectivity index (χ4v) is 3.09. The van der Waals surface area contributed by atoms with Crippen molar-refractivity contribution in [2.45, 2.75) is 39.0 Å². The van der Waals surface area contributed by atoms with E-state index in [-0.39, 0.29) is 17.4 Å². The third kappa shape index (κ3) is 5.44. The van der Waals surface area contributed by atoms with Crippen LogP contribution in [0.15, 0.2) is 34.3 Å². The van der Waals surface area contributed by atoms with E-state index in [1.165, 1.54) is 19.2 Å². The third-order valence-corrected chi connectivity index (χ3v) is 5.27. The third-order valence-electron chi connectivity index (χ3n) is 3.45. The quantitative estimate of drug-likeness (QED) is 0.611. The topological polar surface area (TPSA) is 78.8 Å². The van der Waals surface area contributed by atoms with Crippen LogP contribution in [0.2, 0.25) is 0 Å². The number of amides is 1. The minimum atomic E-state index is -3.69. The zero-order chi connectivity index (χ0) is 17.6. The monoisotopic (exact) mass is 339 g/mol. The van der Waals surface area contributed by atoms with Crippen molar-refractivity contribution in [2.75, 3.05) is 13.6 Å². The first kappa shape index (κ1) is 19.3. The van der Waals surface area contributed by atoms with Gasteiger partial charge in [-0.1, -0.05) is 38.5 Å². The summed E-state index contributed by atoms with van der Waals surface area (Å²) in [4.78, 5) is 12.1. The molecule has 1 N–H and O–H groups in total. The van der Waals surface area contributed by atoms with Gasteiger partial charge in [0.2, 0.25) is 10.0 Å². The van der Waals surface area contributed by atoms with E-state index in [2.05, 4.69) is 10.5 Å². The molecule has 0 atom stereocenters. The van der Waals surface area contributed by atoms with E-state index >= 15 is 0 Å². The maximum Gasteiger partial charge on any atom is 0.255 e. The van der Waals surface area contributed by atoms with Gasteiger partial charge in [-0.3, -0.25) is 4.79 Å². The minimum Gasteiger partial charge on any atom is -0.272 e. The Kier molecular flexibility index (Phi) is 6.90. The highest BCUT2D eigenvalue weighted by molar-refractivity contribution is 7.89. The zero-order valence-electron chi connectivity index (χ0n) is 14.3. The maximum absolute atomic E-state index is 12.4. The van der Waals surface area contributed by atoms with Gasteiger partial charge in [0, 0.05) is 12.8 Å². The highest BCUT2D eigenvalue weighted by Crippen LogP contribution is 2.14. The predicted molar refractivity (Wildman–Crippen MR) is 91.7 cm³/mol. The molecule has 1 aromatic carbocycles. The Morgan fingerprint density at radius 1 is 1.26 bits per heavy atom. The van der Waals surface area contributed by atoms with E-state index in [0.29, 0.717) is 0 Å². The molecule has 0 bridgehead atoms. The minimum absolute atomic E-state index is 0.165. The number of hydrogen-bond acceptors (Lipinski definition) is 4. The van der Waals surface area contributed by atoms with Gasteiger partial charge >= 0.3 is 0 Å². The van der Waals surface area contributed by atoms with Gasteiger partial charge in [-0.05, 0) is 31.4 Å². The van der Waals surface area contributed by atoms with Crippen LogP contribution in [-0.4, -0.2) is 37.9 Å². The van der Waals surface area contributed by atoms with E-state index in [9.17, 15) is 13.2 Å². The van der Waals surface area contributed by atoms with Crippen molar-refractivity contribution in [1.82, 2.24) is 9.73 Å². The van der Waals surface area contributed by atoms with Crippen molar-refractivity contribution < 1.29 is 13.2 Å². The molecular formula is C16H25N3O3S. The zero-order valence-corrected chi connectivity index (χ0v) is 15.1. The van der Waals surface area contributed by atoms with Gasteiger partial charge in [0.25, 0.3) is 5.91 Å². The number of nitrogens with one attached hydrogen (secondary N) is 1. The molecular weight excluding hydrogens is 314 g/mol. The molecule has 0 aliphatic carbocycles. The standard InChI is InChI=1S/C16H25N3O3S/c1-6-15(12(2)3)17-18-16(20)11-19(5)23(21,22)14-9-7-13(4)8-10-14/h7-10,12H,6,11H2,1-5H3,(H,18,20)/b17-15-. The molecule has 6 nitrogen and oxygen atoms in total. The number of aryl methyl sites for hydroxylation is 1. The smallest absolute Gasteiger partial charge is 0.255 e. The summed E-state index contributed by atoms with van der Waals surface area (Å²) < 4.78 is 25.8. The molecule has 0 aliphatic rings. The molecule has 7 heteroatoms. The van der Waals surface area contributed by atoms with Crippen molar-refractivity contribution in [3.63, 3.8) is 0 Å². The van der Waals surface area contributed by atoms with E-state index in [1.54, 1.807) is 12.1 Å². The first-order chi connectivity index (χ1) is 10.7. The van der Waals surface area contributed by atoms with E-state index < -0.39 is 15.9 Å². The van der Waals surface area contributed by atoms with Crippen LogP contribution < -0.4 is 5.43 Å². The molecule has 0 aromatic heterocycles. The van der Waals surface area contributed by atoms with Gasteiger partial charge in [-0.15, -0.1) is 0 Å². The summed E-state index contributed by atoms with van der Waals surface area (Å²) in [6, 6.07) is 6.51. The number of carbonyl (C=O) groups excluding carboxylic acids is 1. The Hall–Kier alpha value is -1.73. The van der Waals surface area contributed by atoms with E-state index in [0.717, 1.165) is 22.0 Å². The lowest BCUT2D eigenvalue weighted by molar-refractivity contribution is -0.121. The first-order valence-electron chi connectivity index (χ1n) is 7.56. The number of carbonyl (C=O) groups is 1. The highest BCUT2D eigenvalue weighted by Gasteiger charge is 2.22. The van der Waals surface area contributed by atoms with Crippen molar-refractivity contribution in [1.29, 1.82) is 0 Å². The Morgan fingerprint density at radius 2 is 1.83 bits per heavy atom. The lowest BCUT2D eigenvalue weighted by atomic mass is 10.1. The lowest BCUT2D eigenvalue weighted by Crippen LogP contribution is -2.37. The fourth-order valence-electron chi connectivity index (χ4n) is 1.96. The molecule has 23 heavy (non-hydrogen) atoms. The molecule has 0 saturated carbocycles. The van der Waals surface area contributed by atoms with Crippen molar-refractivity contribution in [2.24, 2.45) is 11.0 Å². The molecule has 0 fully saturated rings. The van der Waals surface area contributed by atoms with Gasteiger partial charge in [0.1, 0.15) is 0 Å². The molecule has 128 valence electrons. The fraction of sp³-hybridized carbons (Fsp3) is 0.500. The predicted octanol–water partition coefficient (Wildman–Crippen LogP) is 2.15. The van der Waals surface area contributed by atoms with Crippen LogP contribution in [-0.2, 0) is 14.8 Å². The second-order valence-electron chi connectivity index (χ2n) is 5.72. The van der Waals surface area contributed by atoms with Gasteiger partial charge in [-0.25, -0.2) is 13.8 Å². The normalized spacial score (nSPS) is 12.7. The second-order valence-corrected chi connectivity index (χ2v) is 7.77. The average Bonchev–Trinajstić information content (AvgIpc) is 2.47. The number of sulfonamides is 1. The largest absolute Gasteiger partial charge is 0.272 e. The Bertz CT molecular complexity index is 664. The number of hydrazone groups is 1. The van der Waals surface area contributed by atoms with E-state index in [4.69, 9.17) is 0 Å². The molecule has 0 aliphatic heterocycles. The summed E-state index contributed by atoms with van der Waals surface area (Å²) >= 11 is 0. The summed E-state index contributed by atoms with van der Waals surface area (Å²) in [6.07, 6.45) is 0.732. The van der Waals surface area contributed by atoms with Crippen molar-refractivity contribution in [3.05, 3.63) is 29.8 Å². The van der Waals surface area contributed by atoms with E-state index in [1.807, 2.05) is 27.7 Å². The Morgan fingerprint density at radius 3 is 2.30 bits per heavy atom. The summed E-state index contributed by atoms with van der Waals surface area (Å²) in [6.45, 7) is 7.53. The van der Waals surface area contributed by atoms with Crippen LogP contribution >= 0.6 is 0 Å². The van der Waals surface area contributed by atoms with Crippen molar-refractivity contribution >= 4 is 21.6 Å². The van der Waals surface area contributed by atoms with Crippen molar-refractivity contribution in [3.8, 4) is 0 Å². The molecule has 1 rings (SSSR count). The van der Waals surface area contributed by atoms with Crippen LogP contribution in [0.1, 0.15) is 32.8 Å².